The molecule has 174 valence electrons. The van der Waals surface area contributed by atoms with Crippen LogP contribution in [0.3, 0.4) is 0 Å². The van der Waals surface area contributed by atoms with E-state index in [4.69, 9.17) is 4.42 Å². The maximum atomic E-state index is 13.5. The number of benzene rings is 1. The zero-order valence-corrected chi connectivity index (χ0v) is 19.5. The summed E-state index contributed by atoms with van der Waals surface area (Å²) in [5, 5.41) is 0. The summed E-state index contributed by atoms with van der Waals surface area (Å²) in [5.74, 6) is 1.01. The highest BCUT2D eigenvalue weighted by Gasteiger charge is 2.46. The van der Waals surface area contributed by atoms with Crippen molar-refractivity contribution in [3.05, 3.63) is 84.1 Å². The van der Waals surface area contributed by atoms with E-state index in [0.29, 0.717) is 19.6 Å². The van der Waals surface area contributed by atoms with E-state index in [2.05, 4.69) is 19.1 Å². The van der Waals surface area contributed by atoms with E-state index in [0.717, 1.165) is 30.7 Å². The fraction of sp³-hybridized carbons (Fsp3) is 0.407. The highest BCUT2D eigenvalue weighted by atomic mass is 16.3. The van der Waals surface area contributed by atoms with Crippen molar-refractivity contribution in [3.63, 3.8) is 0 Å². The highest BCUT2D eigenvalue weighted by molar-refractivity contribution is 5.88. The smallest absolute Gasteiger partial charge is 0.242 e. The molecule has 0 N–H and O–H groups in total. The van der Waals surface area contributed by atoms with E-state index < -0.39 is 0 Å². The molecule has 0 bridgehead atoms. The van der Waals surface area contributed by atoms with E-state index >= 15 is 0 Å². The molecule has 1 saturated carbocycles. The van der Waals surface area contributed by atoms with Crippen molar-refractivity contribution in [2.24, 2.45) is 13.0 Å². The lowest BCUT2D eigenvalue weighted by Gasteiger charge is -2.28. The van der Waals surface area contributed by atoms with Gasteiger partial charge in [-0.25, -0.2) is 0 Å². The van der Waals surface area contributed by atoms with Gasteiger partial charge in [0.1, 0.15) is 5.76 Å². The summed E-state index contributed by atoms with van der Waals surface area (Å²) in [6.45, 7) is 3.66. The number of hydrogen-bond donors (Lipinski definition) is 0. The van der Waals surface area contributed by atoms with Crippen LogP contribution in [0.2, 0.25) is 0 Å². The molecule has 4 rings (SSSR count). The predicted octanol–water partition coefficient (Wildman–Crippen LogP) is 4.58. The van der Waals surface area contributed by atoms with Crippen LogP contribution >= 0.6 is 0 Å². The van der Waals surface area contributed by atoms with Gasteiger partial charge in [0.15, 0.2) is 0 Å². The lowest BCUT2D eigenvalue weighted by atomic mass is 10.1. The summed E-state index contributed by atoms with van der Waals surface area (Å²) in [5.41, 5.74) is 2.24. The van der Waals surface area contributed by atoms with E-state index in [9.17, 15) is 9.59 Å². The van der Waals surface area contributed by atoms with Crippen molar-refractivity contribution in [3.8, 4) is 0 Å². The molecule has 2 amide bonds. The Morgan fingerprint density at radius 1 is 1.03 bits per heavy atom. The molecule has 2 atom stereocenters. The minimum absolute atomic E-state index is 0.0246. The molecule has 6 heteroatoms. The van der Waals surface area contributed by atoms with Gasteiger partial charge in [0.2, 0.25) is 11.8 Å². The van der Waals surface area contributed by atoms with Gasteiger partial charge in [-0.2, -0.15) is 0 Å². The minimum atomic E-state index is -0.0611. The Morgan fingerprint density at radius 2 is 1.85 bits per heavy atom. The first-order chi connectivity index (χ1) is 16.1. The number of aromatic nitrogens is 1. The molecule has 2 unspecified atom stereocenters. The van der Waals surface area contributed by atoms with Crippen molar-refractivity contribution in [1.29, 1.82) is 0 Å². The summed E-state index contributed by atoms with van der Waals surface area (Å²) in [4.78, 5) is 30.4. The summed E-state index contributed by atoms with van der Waals surface area (Å²) in [6, 6.07) is 17.9. The van der Waals surface area contributed by atoms with Crippen LogP contribution in [0.4, 0.5) is 0 Å². The largest absolute Gasteiger partial charge is 0.467 e. The third-order valence-electron chi connectivity index (χ3n) is 6.44. The first kappa shape index (κ1) is 22.9. The summed E-state index contributed by atoms with van der Waals surface area (Å²) in [6.07, 6.45) is 6.31. The van der Waals surface area contributed by atoms with Crippen molar-refractivity contribution >= 4 is 11.8 Å². The zero-order valence-electron chi connectivity index (χ0n) is 19.5. The number of furan rings is 1. The molecule has 1 aliphatic carbocycles. The number of carbonyl (C=O) groups excluding carboxylic acids is 2. The van der Waals surface area contributed by atoms with Gasteiger partial charge in [0.05, 0.1) is 25.9 Å². The molecule has 33 heavy (non-hydrogen) atoms. The normalized spacial score (nSPS) is 17.0. The van der Waals surface area contributed by atoms with Gasteiger partial charge in [-0.05, 0) is 48.6 Å². The Kier molecular flexibility index (Phi) is 7.33. The summed E-state index contributed by atoms with van der Waals surface area (Å²) >= 11 is 0. The van der Waals surface area contributed by atoms with E-state index in [1.165, 1.54) is 5.56 Å². The second-order valence-corrected chi connectivity index (χ2v) is 8.91. The summed E-state index contributed by atoms with van der Waals surface area (Å²) < 4.78 is 7.52. The SMILES string of the molecule is CCCCN(CC(=O)N(Cc1ccco1)Cc1cccn1C)C(=O)C1CC1c1ccccc1. The zero-order chi connectivity index (χ0) is 23.2. The predicted molar refractivity (Wildman–Crippen MR) is 127 cm³/mol. The summed E-state index contributed by atoms with van der Waals surface area (Å²) in [7, 11) is 1.97. The molecular weight excluding hydrogens is 414 g/mol. The third kappa shape index (κ3) is 5.75. The van der Waals surface area contributed by atoms with Crippen LogP contribution in [0, 0.1) is 5.92 Å². The fourth-order valence-corrected chi connectivity index (χ4v) is 4.33. The van der Waals surface area contributed by atoms with Gasteiger partial charge in [-0.1, -0.05) is 43.7 Å². The highest BCUT2D eigenvalue weighted by Crippen LogP contribution is 2.48. The Labute approximate surface area is 195 Å². The molecule has 6 nitrogen and oxygen atoms in total. The Hall–Kier alpha value is -3.28. The van der Waals surface area contributed by atoms with Crippen LogP contribution in [-0.4, -0.2) is 39.3 Å². The average molecular weight is 448 g/mol. The van der Waals surface area contributed by atoms with Crippen LogP contribution in [0.1, 0.15) is 49.1 Å². The molecular formula is C27H33N3O3. The second-order valence-electron chi connectivity index (χ2n) is 8.91. The number of amides is 2. The quantitative estimate of drug-likeness (QED) is 0.432. The molecule has 0 saturated heterocycles. The van der Waals surface area contributed by atoms with Crippen molar-refractivity contribution in [1.82, 2.24) is 14.4 Å². The van der Waals surface area contributed by atoms with Gasteiger partial charge in [-0.15, -0.1) is 0 Å². The van der Waals surface area contributed by atoms with Gasteiger partial charge in [-0.3, -0.25) is 9.59 Å². The van der Waals surface area contributed by atoms with Gasteiger partial charge in [0.25, 0.3) is 0 Å². The standard InChI is InChI=1S/C27H33N3O3/c1-3-4-15-29(27(32)25-17-24(25)21-10-6-5-7-11-21)20-26(31)30(19-23-13-9-16-33-23)18-22-12-8-14-28(22)2/h5-14,16,24-25H,3-4,15,17-20H2,1-2H3. The number of nitrogens with zero attached hydrogens (tertiary/aromatic N) is 3. The van der Waals surface area contributed by atoms with Crippen LogP contribution in [0.5, 0.6) is 0 Å². The van der Waals surface area contributed by atoms with Crippen LogP contribution in [-0.2, 0) is 29.7 Å². The first-order valence-corrected chi connectivity index (χ1v) is 11.8. The topological polar surface area (TPSA) is 58.7 Å². The number of hydrogen-bond acceptors (Lipinski definition) is 3. The molecule has 0 radical (unpaired) electrons. The van der Waals surface area contributed by atoms with E-state index in [1.54, 1.807) is 16.1 Å². The second kappa shape index (κ2) is 10.6. The first-order valence-electron chi connectivity index (χ1n) is 11.8. The Balaban J connectivity index is 1.46. The Bertz CT molecular complexity index is 1040. The third-order valence-corrected chi connectivity index (χ3v) is 6.44. The fourth-order valence-electron chi connectivity index (χ4n) is 4.33. The lowest BCUT2D eigenvalue weighted by Crippen LogP contribution is -2.43. The van der Waals surface area contributed by atoms with Crippen LogP contribution in [0.15, 0.2) is 71.5 Å². The molecule has 2 heterocycles. The number of carbonyl (C=O) groups is 2. The molecule has 2 aromatic heterocycles. The molecule has 0 spiro atoms. The van der Waals surface area contributed by atoms with E-state index in [1.807, 2.05) is 60.3 Å². The van der Waals surface area contributed by atoms with Crippen molar-refractivity contribution in [2.45, 2.75) is 45.2 Å². The maximum Gasteiger partial charge on any atom is 0.242 e. The molecule has 1 aliphatic rings. The van der Waals surface area contributed by atoms with Crippen molar-refractivity contribution < 1.29 is 14.0 Å². The van der Waals surface area contributed by atoms with Crippen LogP contribution < -0.4 is 0 Å². The average Bonchev–Trinajstić information content (AvgIpc) is 3.27. The maximum absolute atomic E-state index is 13.5. The number of unbranched alkanes of at least 4 members (excludes halogenated alkanes) is 1. The number of aryl methyl sites for hydroxylation is 1. The van der Waals surface area contributed by atoms with Gasteiger partial charge < -0.3 is 18.8 Å². The monoisotopic (exact) mass is 447 g/mol. The lowest BCUT2D eigenvalue weighted by molar-refractivity contribution is -0.142. The Morgan fingerprint density at radius 3 is 2.52 bits per heavy atom. The minimum Gasteiger partial charge on any atom is -0.467 e. The van der Waals surface area contributed by atoms with Crippen LogP contribution in [0.25, 0.3) is 0 Å². The van der Waals surface area contributed by atoms with Gasteiger partial charge >= 0.3 is 0 Å². The van der Waals surface area contributed by atoms with Gasteiger partial charge in [0, 0.05) is 31.4 Å². The van der Waals surface area contributed by atoms with Crippen molar-refractivity contribution in [2.75, 3.05) is 13.1 Å². The number of rotatable bonds is 11. The molecule has 1 aromatic carbocycles. The molecule has 3 aromatic rings. The molecule has 0 aliphatic heterocycles. The van der Waals surface area contributed by atoms with E-state index in [-0.39, 0.29) is 30.2 Å². The molecule has 1 fully saturated rings.